The van der Waals surface area contributed by atoms with E-state index in [1.807, 2.05) is 27.7 Å². The topological polar surface area (TPSA) is 123 Å². The average molecular weight is 421 g/mol. The zero-order chi connectivity index (χ0) is 22.7. The fourth-order valence-corrected chi connectivity index (χ4v) is 2.53. The van der Waals surface area contributed by atoms with Gasteiger partial charge < -0.3 is 25.4 Å². The van der Waals surface area contributed by atoms with Gasteiger partial charge in [0.05, 0.1) is 12.7 Å². The molecule has 0 aromatic heterocycles. The van der Waals surface area contributed by atoms with E-state index in [2.05, 4.69) is 20.7 Å². The van der Waals surface area contributed by atoms with Crippen LogP contribution in [-0.4, -0.2) is 49.7 Å². The summed E-state index contributed by atoms with van der Waals surface area (Å²) >= 11 is 0. The first-order chi connectivity index (χ1) is 14.1. The maximum Gasteiger partial charge on any atom is 0.338 e. The Balaban J connectivity index is 2.51. The number of hydrogen-bond donors (Lipinski definition) is 3. The first kappa shape index (κ1) is 24.9. The largest absolute Gasteiger partial charge is 0.467 e. The van der Waals surface area contributed by atoms with Crippen LogP contribution >= 0.6 is 0 Å². The number of benzene rings is 1. The minimum absolute atomic E-state index is 0.0348. The Kier molecular flexibility index (Phi) is 10.4. The molecular formula is C21H31N3O6. The molecule has 0 saturated heterocycles. The van der Waals surface area contributed by atoms with Gasteiger partial charge in [0.1, 0.15) is 6.04 Å². The van der Waals surface area contributed by atoms with Crippen molar-refractivity contribution in [3.8, 4) is 0 Å². The molecule has 1 rings (SSSR count). The summed E-state index contributed by atoms with van der Waals surface area (Å²) in [6.07, 6.45) is 0.414. The van der Waals surface area contributed by atoms with Crippen LogP contribution in [0.25, 0.3) is 0 Å². The Bertz CT molecular complexity index is 731. The predicted octanol–water partition coefficient (Wildman–Crippen LogP) is 1.75. The Morgan fingerprint density at radius 1 is 0.967 bits per heavy atom. The van der Waals surface area contributed by atoms with Gasteiger partial charge in [-0.3, -0.25) is 4.79 Å². The lowest BCUT2D eigenvalue weighted by Crippen LogP contribution is -2.44. The predicted molar refractivity (Wildman–Crippen MR) is 111 cm³/mol. The molecule has 0 aliphatic carbocycles. The summed E-state index contributed by atoms with van der Waals surface area (Å²) in [7, 11) is 1.25. The highest BCUT2D eigenvalue weighted by molar-refractivity contribution is 5.92. The molecule has 9 heteroatoms. The number of esters is 2. The lowest BCUT2D eigenvalue weighted by molar-refractivity contribution is -0.145. The smallest absolute Gasteiger partial charge is 0.338 e. The van der Waals surface area contributed by atoms with Gasteiger partial charge in [0.25, 0.3) is 5.91 Å². The molecule has 0 spiro atoms. The van der Waals surface area contributed by atoms with E-state index in [9.17, 15) is 19.2 Å². The van der Waals surface area contributed by atoms with Crippen LogP contribution in [-0.2, 0) is 25.6 Å². The number of nitrogens with one attached hydrogen (secondary N) is 3. The molecule has 0 heterocycles. The van der Waals surface area contributed by atoms with E-state index in [1.54, 1.807) is 24.3 Å². The summed E-state index contributed by atoms with van der Waals surface area (Å²) < 4.78 is 9.69. The van der Waals surface area contributed by atoms with Gasteiger partial charge in [-0.1, -0.05) is 26.0 Å². The van der Waals surface area contributed by atoms with Crippen molar-refractivity contribution in [2.45, 2.75) is 52.7 Å². The second-order valence-electron chi connectivity index (χ2n) is 7.53. The molecule has 0 unspecified atom stereocenters. The van der Waals surface area contributed by atoms with Crippen LogP contribution in [0.15, 0.2) is 24.3 Å². The highest BCUT2D eigenvalue weighted by Crippen LogP contribution is 2.08. The number of ether oxygens (including phenoxy) is 2. The summed E-state index contributed by atoms with van der Waals surface area (Å²) in [6.45, 7) is 7.35. The third-order valence-corrected chi connectivity index (χ3v) is 3.92. The fourth-order valence-electron chi connectivity index (χ4n) is 2.53. The molecule has 1 atom stereocenters. The van der Waals surface area contributed by atoms with Gasteiger partial charge >= 0.3 is 18.0 Å². The average Bonchev–Trinajstić information content (AvgIpc) is 2.68. The van der Waals surface area contributed by atoms with E-state index in [0.717, 1.165) is 5.56 Å². The van der Waals surface area contributed by atoms with Gasteiger partial charge in [-0.15, -0.1) is 0 Å². The molecule has 0 bridgehead atoms. The molecule has 30 heavy (non-hydrogen) atoms. The molecule has 0 fully saturated rings. The van der Waals surface area contributed by atoms with Crippen LogP contribution in [0.1, 0.15) is 50.0 Å². The summed E-state index contributed by atoms with van der Waals surface area (Å²) in [5.74, 6) is -1.63. The Morgan fingerprint density at radius 2 is 1.60 bits per heavy atom. The molecule has 0 aliphatic heterocycles. The van der Waals surface area contributed by atoms with E-state index in [0.29, 0.717) is 13.0 Å². The second kappa shape index (κ2) is 12.5. The van der Waals surface area contributed by atoms with E-state index < -0.39 is 30.5 Å². The van der Waals surface area contributed by atoms with Gasteiger partial charge in [0, 0.05) is 12.6 Å². The second-order valence-corrected chi connectivity index (χ2v) is 7.53. The van der Waals surface area contributed by atoms with Crippen LogP contribution in [0.4, 0.5) is 4.79 Å². The fraction of sp³-hybridized carbons (Fsp3) is 0.524. The number of carbonyl (C=O) groups excluding carboxylic acids is 4. The van der Waals surface area contributed by atoms with Crippen molar-refractivity contribution in [3.05, 3.63) is 35.4 Å². The van der Waals surface area contributed by atoms with Crippen molar-refractivity contribution in [3.63, 3.8) is 0 Å². The summed E-state index contributed by atoms with van der Waals surface area (Å²) in [5, 5.41) is 7.94. The van der Waals surface area contributed by atoms with Crippen LogP contribution in [0.3, 0.4) is 0 Å². The number of rotatable bonds is 10. The number of urea groups is 1. The summed E-state index contributed by atoms with van der Waals surface area (Å²) in [4.78, 5) is 47.5. The Labute approximate surface area is 176 Å². The van der Waals surface area contributed by atoms with Gasteiger partial charge in [-0.2, -0.15) is 0 Å². The lowest BCUT2D eigenvalue weighted by Gasteiger charge is -2.18. The van der Waals surface area contributed by atoms with Crippen molar-refractivity contribution in [2.24, 2.45) is 5.92 Å². The molecule has 166 valence electrons. The SMILES string of the molecule is COC(=O)[C@@H](CC(C)C)NC(=O)COC(=O)c1ccc(CNC(=O)NC(C)C)cc1. The van der Waals surface area contributed by atoms with Crippen LogP contribution < -0.4 is 16.0 Å². The van der Waals surface area contributed by atoms with Crippen molar-refractivity contribution in [1.29, 1.82) is 0 Å². The van der Waals surface area contributed by atoms with E-state index in [-0.39, 0.29) is 23.6 Å². The minimum atomic E-state index is -0.791. The number of carbonyl (C=O) groups is 4. The first-order valence-electron chi connectivity index (χ1n) is 9.80. The molecule has 0 radical (unpaired) electrons. The maximum atomic E-state index is 12.1. The lowest BCUT2D eigenvalue weighted by atomic mass is 10.0. The Hall–Kier alpha value is -3.10. The van der Waals surface area contributed by atoms with Crippen molar-refractivity contribution >= 4 is 23.9 Å². The standard InChI is InChI=1S/C21H31N3O6/c1-13(2)10-17(20(27)29-5)24-18(25)12-30-19(26)16-8-6-15(7-9-16)11-22-21(28)23-14(3)4/h6-9,13-14,17H,10-12H2,1-5H3,(H,24,25)(H2,22,23,28)/t17-/m1/s1. The van der Waals surface area contributed by atoms with Gasteiger partial charge in [-0.25, -0.2) is 14.4 Å². The molecule has 0 aliphatic rings. The molecule has 9 nitrogen and oxygen atoms in total. The maximum absolute atomic E-state index is 12.1. The molecular weight excluding hydrogens is 390 g/mol. The summed E-state index contributed by atoms with van der Waals surface area (Å²) in [6, 6.07) is 5.43. The highest BCUT2D eigenvalue weighted by Gasteiger charge is 2.23. The molecule has 1 aromatic carbocycles. The van der Waals surface area contributed by atoms with Crippen molar-refractivity contribution in [1.82, 2.24) is 16.0 Å². The number of methoxy groups -OCH3 is 1. The third kappa shape index (κ3) is 9.40. The molecule has 0 saturated carbocycles. The molecule has 3 N–H and O–H groups in total. The first-order valence-corrected chi connectivity index (χ1v) is 9.80. The van der Waals surface area contributed by atoms with Crippen LogP contribution in [0.5, 0.6) is 0 Å². The molecule has 3 amide bonds. The third-order valence-electron chi connectivity index (χ3n) is 3.92. The zero-order valence-corrected chi connectivity index (χ0v) is 18.1. The van der Waals surface area contributed by atoms with E-state index in [4.69, 9.17) is 4.74 Å². The quantitative estimate of drug-likeness (QED) is 0.495. The number of amides is 3. The molecule has 1 aromatic rings. The Morgan fingerprint density at radius 3 is 2.13 bits per heavy atom. The minimum Gasteiger partial charge on any atom is -0.467 e. The van der Waals surface area contributed by atoms with Gasteiger partial charge in [0.2, 0.25) is 0 Å². The van der Waals surface area contributed by atoms with E-state index in [1.165, 1.54) is 7.11 Å². The number of hydrogen-bond acceptors (Lipinski definition) is 6. The normalized spacial score (nSPS) is 11.6. The van der Waals surface area contributed by atoms with Crippen LogP contribution in [0.2, 0.25) is 0 Å². The van der Waals surface area contributed by atoms with E-state index >= 15 is 0 Å². The summed E-state index contributed by atoms with van der Waals surface area (Å²) in [5.41, 5.74) is 1.07. The highest BCUT2D eigenvalue weighted by atomic mass is 16.5. The van der Waals surface area contributed by atoms with Crippen molar-refractivity contribution < 1.29 is 28.7 Å². The van der Waals surface area contributed by atoms with Crippen LogP contribution in [0, 0.1) is 5.92 Å². The monoisotopic (exact) mass is 421 g/mol. The van der Waals surface area contributed by atoms with Crippen molar-refractivity contribution in [2.75, 3.05) is 13.7 Å². The zero-order valence-electron chi connectivity index (χ0n) is 18.1. The van der Waals surface area contributed by atoms with Gasteiger partial charge in [-0.05, 0) is 43.9 Å². The van der Waals surface area contributed by atoms with Gasteiger partial charge in [0.15, 0.2) is 6.61 Å².